The Morgan fingerprint density at radius 2 is 1.55 bits per heavy atom. The van der Waals surface area contributed by atoms with Crippen molar-refractivity contribution in [3.05, 3.63) is 65.5 Å². The molecule has 1 aliphatic heterocycles. The summed E-state index contributed by atoms with van der Waals surface area (Å²) < 4.78 is 18.1. The Morgan fingerprint density at radius 1 is 0.966 bits per heavy atom. The number of ether oxygens (including phenoxy) is 1. The molecule has 0 aromatic heterocycles. The minimum Gasteiger partial charge on any atom is -0.497 e. The number of amides is 3. The Bertz CT molecular complexity index is 884. The van der Waals surface area contributed by atoms with Crippen molar-refractivity contribution in [2.45, 2.75) is 13.1 Å². The number of hydrogen-bond donors (Lipinski definition) is 1. The summed E-state index contributed by atoms with van der Waals surface area (Å²) in [6.45, 7) is 0.943. The van der Waals surface area contributed by atoms with Gasteiger partial charge in [0.1, 0.15) is 18.1 Å². The molecular formula is C21H22FN3O4. The quantitative estimate of drug-likeness (QED) is 0.713. The van der Waals surface area contributed by atoms with Crippen molar-refractivity contribution in [3.63, 3.8) is 0 Å². The molecular weight excluding hydrogens is 377 g/mol. The summed E-state index contributed by atoms with van der Waals surface area (Å²) >= 11 is 0. The molecule has 0 atom stereocenters. The van der Waals surface area contributed by atoms with Gasteiger partial charge in [0, 0.05) is 26.2 Å². The van der Waals surface area contributed by atoms with Gasteiger partial charge in [0.05, 0.1) is 7.11 Å². The highest BCUT2D eigenvalue weighted by Gasteiger charge is 2.33. The molecule has 1 saturated heterocycles. The van der Waals surface area contributed by atoms with Crippen LogP contribution in [-0.4, -0.2) is 54.3 Å². The molecule has 0 saturated carbocycles. The van der Waals surface area contributed by atoms with Gasteiger partial charge in [-0.3, -0.25) is 14.4 Å². The topological polar surface area (TPSA) is 79.0 Å². The van der Waals surface area contributed by atoms with E-state index in [1.165, 1.54) is 21.9 Å². The van der Waals surface area contributed by atoms with E-state index in [1.54, 1.807) is 31.4 Å². The highest BCUT2D eigenvalue weighted by atomic mass is 19.1. The highest BCUT2D eigenvalue weighted by Crippen LogP contribution is 2.12. The van der Waals surface area contributed by atoms with Gasteiger partial charge in [-0.1, -0.05) is 24.3 Å². The summed E-state index contributed by atoms with van der Waals surface area (Å²) in [5, 5.41) is 2.74. The van der Waals surface area contributed by atoms with Crippen molar-refractivity contribution in [1.29, 1.82) is 0 Å². The van der Waals surface area contributed by atoms with Crippen molar-refractivity contribution in [1.82, 2.24) is 15.1 Å². The summed E-state index contributed by atoms with van der Waals surface area (Å²) in [6, 6.07) is 13.0. The Balaban J connectivity index is 1.49. The number of rotatable bonds is 7. The van der Waals surface area contributed by atoms with Crippen molar-refractivity contribution < 1.29 is 23.5 Å². The van der Waals surface area contributed by atoms with Crippen LogP contribution < -0.4 is 10.1 Å². The lowest BCUT2D eigenvalue weighted by molar-refractivity contribution is -0.157. The average molecular weight is 399 g/mol. The van der Waals surface area contributed by atoms with Gasteiger partial charge < -0.3 is 19.9 Å². The van der Waals surface area contributed by atoms with Crippen molar-refractivity contribution in [3.8, 4) is 5.75 Å². The zero-order valence-electron chi connectivity index (χ0n) is 16.1. The Kier molecular flexibility index (Phi) is 6.43. The lowest BCUT2D eigenvalue weighted by atomic mass is 10.2. The summed E-state index contributed by atoms with van der Waals surface area (Å²) in [5.41, 5.74) is 1.63. The lowest BCUT2D eigenvalue weighted by Crippen LogP contribution is -2.55. The Hall–Kier alpha value is -3.42. The second kappa shape index (κ2) is 9.18. The molecule has 3 amide bonds. The van der Waals surface area contributed by atoms with Gasteiger partial charge in [-0.2, -0.15) is 0 Å². The molecule has 1 fully saturated rings. The zero-order chi connectivity index (χ0) is 20.8. The van der Waals surface area contributed by atoms with Crippen LogP contribution >= 0.6 is 0 Å². The van der Waals surface area contributed by atoms with Gasteiger partial charge in [0.25, 0.3) is 0 Å². The molecule has 1 N–H and O–H groups in total. The van der Waals surface area contributed by atoms with Crippen LogP contribution in [0.15, 0.2) is 48.5 Å². The average Bonchev–Trinajstić information content (AvgIpc) is 2.74. The third-order valence-corrected chi connectivity index (χ3v) is 4.67. The highest BCUT2D eigenvalue weighted by molar-refractivity contribution is 6.35. The van der Waals surface area contributed by atoms with Crippen LogP contribution in [-0.2, 0) is 27.5 Å². The predicted octanol–water partition coefficient (Wildman–Crippen LogP) is 1.32. The molecule has 0 radical (unpaired) electrons. The second-order valence-electron chi connectivity index (χ2n) is 6.70. The molecule has 29 heavy (non-hydrogen) atoms. The van der Waals surface area contributed by atoms with Gasteiger partial charge in [-0.05, 0) is 35.4 Å². The number of nitrogens with zero attached hydrogens (tertiary/aromatic N) is 2. The number of hydrogen-bond acceptors (Lipinski definition) is 4. The fourth-order valence-corrected chi connectivity index (χ4v) is 3.00. The summed E-state index contributed by atoms with van der Waals surface area (Å²) in [7, 11) is 1.58. The Morgan fingerprint density at radius 3 is 2.21 bits per heavy atom. The van der Waals surface area contributed by atoms with Crippen molar-refractivity contribution in [2.75, 3.05) is 26.7 Å². The minimum atomic E-state index is -0.710. The van der Waals surface area contributed by atoms with E-state index >= 15 is 0 Å². The maximum Gasteiger partial charge on any atom is 0.312 e. The van der Waals surface area contributed by atoms with E-state index < -0.39 is 11.8 Å². The van der Waals surface area contributed by atoms with E-state index in [9.17, 15) is 18.8 Å². The van der Waals surface area contributed by atoms with E-state index in [1.807, 2.05) is 12.1 Å². The molecule has 0 unspecified atom stereocenters. The molecule has 1 aliphatic rings. The van der Waals surface area contributed by atoms with Crippen LogP contribution in [0.5, 0.6) is 5.75 Å². The maximum atomic E-state index is 13.0. The molecule has 1 heterocycles. The predicted molar refractivity (Wildman–Crippen MR) is 103 cm³/mol. The molecule has 3 rings (SSSR count). The molecule has 2 aromatic rings. The summed E-state index contributed by atoms with van der Waals surface area (Å²) in [6.07, 6.45) is 0. The number of carbonyl (C=O) groups is 3. The van der Waals surface area contributed by atoms with Gasteiger partial charge in [0.15, 0.2) is 0 Å². The molecule has 8 heteroatoms. The number of carbonyl (C=O) groups excluding carboxylic acids is 3. The van der Waals surface area contributed by atoms with Crippen LogP contribution in [0.25, 0.3) is 0 Å². The molecule has 7 nitrogen and oxygen atoms in total. The molecule has 0 aliphatic carbocycles. The lowest BCUT2D eigenvalue weighted by Gasteiger charge is -2.33. The molecule has 2 aromatic carbocycles. The largest absolute Gasteiger partial charge is 0.497 e. The van der Waals surface area contributed by atoms with Crippen molar-refractivity contribution in [2.24, 2.45) is 0 Å². The van der Waals surface area contributed by atoms with Gasteiger partial charge in [-0.15, -0.1) is 0 Å². The first-order chi connectivity index (χ1) is 14.0. The van der Waals surface area contributed by atoms with Crippen LogP contribution in [0, 0.1) is 5.82 Å². The van der Waals surface area contributed by atoms with Gasteiger partial charge >= 0.3 is 11.8 Å². The van der Waals surface area contributed by atoms with E-state index in [2.05, 4.69) is 5.32 Å². The second-order valence-corrected chi connectivity index (χ2v) is 6.70. The molecule has 0 bridgehead atoms. The van der Waals surface area contributed by atoms with Crippen LogP contribution in [0.1, 0.15) is 11.1 Å². The number of piperazine rings is 1. The third-order valence-electron chi connectivity index (χ3n) is 4.67. The maximum absolute atomic E-state index is 13.0. The zero-order valence-corrected chi connectivity index (χ0v) is 16.1. The van der Waals surface area contributed by atoms with Crippen LogP contribution in [0.3, 0.4) is 0 Å². The number of benzene rings is 2. The van der Waals surface area contributed by atoms with E-state index in [0.29, 0.717) is 13.1 Å². The first kappa shape index (κ1) is 20.3. The van der Waals surface area contributed by atoms with Gasteiger partial charge in [-0.25, -0.2) is 4.39 Å². The molecule has 152 valence electrons. The smallest absolute Gasteiger partial charge is 0.312 e. The summed E-state index contributed by atoms with van der Waals surface area (Å²) in [5.74, 6) is -1.35. The summed E-state index contributed by atoms with van der Waals surface area (Å²) in [4.78, 5) is 39.5. The van der Waals surface area contributed by atoms with Crippen LogP contribution in [0.4, 0.5) is 4.39 Å². The monoisotopic (exact) mass is 399 g/mol. The SMILES string of the molecule is COc1ccc(CNC(=O)CN2CCN(Cc3ccc(F)cc3)C(=O)C2=O)cc1. The minimum absolute atomic E-state index is 0.175. The molecule has 0 spiro atoms. The van der Waals surface area contributed by atoms with E-state index in [-0.39, 0.29) is 31.4 Å². The normalized spacial score (nSPS) is 14.1. The first-order valence-corrected chi connectivity index (χ1v) is 9.18. The van der Waals surface area contributed by atoms with Crippen LogP contribution in [0.2, 0.25) is 0 Å². The van der Waals surface area contributed by atoms with E-state index in [0.717, 1.165) is 16.9 Å². The van der Waals surface area contributed by atoms with Crippen molar-refractivity contribution >= 4 is 17.7 Å². The van der Waals surface area contributed by atoms with E-state index in [4.69, 9.17) is 4.74 Å². The first-order valence-electron chi connectivity index (χ1n) is 9.18. The third kappa shape index (κ3) is 5.31. The number of methoxy groups -OCH3 is 1. The number of halogens is 1. The standard InChI is InChI=1S/C21H22FN3O4/c1-29-18-8-4-15(5-9-18)12-23-19(26)14-25-11-10-24(20(27)21(25)28)13-16-2-6-17(22)7-3-16/h2-9H,10-14H2,1H3,(H,23,26). The fourth-order valence-electron chi connectivity index (χ4n) is 3.00. The van der Waals surface area contributed by atoms with Gasteiger partial charge in [0.2, 0.25) is 5.91 Å². The number of nitrogens with one attached hydrogen (secondary N) is 1. The Labute approximate surface area is 168 Å². The fraction of sp³-hybridized carbons (Fsp3) is 0.286.